The van der Waals surface area contributed by atoms with E-state index in [0.29, 0.717) is 0 Å². The standard InChI is InChI=1S/C5H13N2OP/c1-6(2)9-7(3)4-5-8-9/h4-5H2,1-3H3. The molecule has 1 rings (SSSR count). The first kappa shape index (κ1) is 7.42. The van der Waals surface area contributed by atoms with Crippen LogP contribution in [0.3, 0.4) is 0 Å². The maximum absolute atomic E-state index is 5.44. The number of hydrogen-bond donors (Lipinski definition) is 0. The Morgan fingerprint density at radius 1 is 1.56 bits per heavy atom. The second-order valence-electron chi connectivity index (χ2n) is 2.31. The summed E-state index contributed by atoms with van der Waals surface area (Å²) in [7, 11) is 5.80. The minimum Gasteiger partial charge on any atom is -0.330 e. The van der Waals surface area contributed by atoms with Crippen LogP contribution in [0.25, 0.3) is 0 Å². The third kappa shape index (κ3) is 1.62. The lowest BCUT2D eigenvalue weighted by molar-refractivity contribution is 0.373. The number of likely N-dealkylation sites (N-methyl/N-ethyl adjacent to an activating group) is 1. The summed E-state index contributed by atoms with van der Waals surface area (Å²) < 4.78 is 9.82. The largest absolute Gasteiger partial charge is 0.330 e. The SMILES string of the molecule is CN(C)P1OCCN1C. The summed E-state index contributed by atoms with van der Waals surface area (Å²) in [6.45, 7) is 1.96. The average molecular weight is 148 g/mol. The highest BCUT2D eigenvalue weighted by Crippen LogP contribution is 2.45. The molecule has 0 amide bonds. The van der Waals surface area contributed by atoms with Crippen LogP contribution in [-0.2, 0) is 4.52 Å². The van der Waals surface area contributed by atoms with Gasteiger partial charge in [-0.3, -0.25) is 4.67 Å². The summed E-state index contributed by atoms with van der Waals surface area (Å²) >= 11 is 0. The van der Waals surface area contributed by atoms with E-state index < -0.39 is 8.45 Å². The second-order valence-corrected chi connectivity index (χ2v) is 4.56. The Hall–Kier alpha value is 0.310. The molecule has 4 heteroatoms. The van der Waals surface area contributed by atoms with Crippen LogP contribution in [-0.4, -0.2) is 43.6 Å². The van der Waals surface area contributed by atoms with Crippen LogP contribution in [0.2, 0.25) is 0 Å². The molecule has 1 saturated heterocycles. The zero-order valence-electron chi connectivity index (χ0n) is 6.16. The molecule has 1 aliphatic heterocycles. The zero-order valence-corrected chi connectivity index (χ0v) is 7.06. The third-order valence-electron chi connectivity index (χ3n) is 1.26. The van der Waals surface area contributed by atoms with Gasteiger partial charge in [-0.25, -0.2) is 4.67 Å². The van der Waals surface area contributed by atoms with Crippen molar-refractivity contribution >= 4 is 8.45 Å². The monoisotopic (exact) mass is 148 g/mol. The van der Waals surface area contributed by atoms with Gasteiger partial charge in [-0.1, -0.05) is 0 Å². The first-order valence-electron chi connectivity index (χ1n) is 3.03. The Morgan fingerprint density at radius 2 is 2.22 bits per heavy atom. The van der Waals surface area contributed by atoms with Gasteiger partial charge in [0.25, 0.3) is 0 Å². The quantitative estimate of drug-likeness (QED) is 0.510. The smallest absolute Gasteiger partial charge is 0.187 e. The molecule has 54 valence electrons. The molecule has 0 aromatic rings. The first-order chi connectivity index (χ1) is 4.22. The zero-order chi connectivity index (χ0) is 6.85. The topological polar surface area (TPSA) is 15.7 Å². The molecule has 1 atom stereocenters. The maximum atomic E-state index is 5.44. The van der Waals surface area contributed by atoms with Gasteiger partial charge in [0.1, 0.15) is 0 Å². The van der Waals surface area contributed by atoms with E-state index in [9.17, 15) is 0 Å². The molecule has 3 nitrogen and oxygen atoms in total. The molecule has 1 fully saturated rings. The van der Waals surface area contributed by atoms with Crippen LogP contribution < -0.4 is 0 Å². The minimum absolute atomic E-state index is 0.399. The highest BCUT2D eigenvalue weighted by Gasteiger charge is 2.23. The molecule has 1 heterocycles. The molecule has 0 bridgehead atoms. The molecule has 0 spiro atoms. The Kier molecular flexibility index (Phi) is 2.42. The Bertz CT molecular complexity index is 99.0. The number of rotatable bonds is 1. The molecule has 0 aromatic heterocycles. The third-order valence-corrected chi connectivity index (χ3v) is 3.14. The first-order valence-corrected chi connectivity index (χ1v) is 4.19. The van der Waals surface area contributed by atoms with Crippen molar-refractivity contribution in [2.75, 3.05) is 34.3 Å². The van der Waals surface area contributed by atoms with Gasteiger partial charge in [-0.2, -0.15) is 0 Å². The summed E-state index contributed by atoms with van der Waals surface area (Å²) in [6.07, 6.45) is 0. The molecule has 1 aliphatic rings. The van der Waals surface area contributed by atoms with E-state index in [1.165, 1.54) is 0 Å². The van der Waals surface area contributed by atoms with Crippen LogP contribution in [0, 0.1) is 0 Å². The maximum Gasteiger partial charge on any atom is 0.187 e. The van der Waals surface area contributed by atoms with Crippen molar-refractivity contribution in [2.24, 2.45) is 0 Å². The van der Waals surface area contributed by atoms with Gasteiger partial charge in [0.05, 0.1) is 6.61 Å². The van der Waals surface area contributed by atoms with Crippen molar-refractivity contribution in [1.29, 1.82) is 0 Å². The van der Waals surface area contributed by atoms with E-state index in [2.05, 4.69) is 16.4 Å². The summed E-state index contributed by atoms with van der Waals surface area (Å²) in [4.78, 5) is 0. The van der Waals surface area contributed by atoms with Gasteiger partial charge in [0.2, 0.25) is 0 Å². The molecule has 9 heavy (non-hydrogen) atoms. The summed E-state index contributed by atoms with van der Waals surface area (Å²) in [5.74, 6) is 0. The Labute approximate surface area is 57.5 Å². The average Bonchev–Trinajstić information content (AvgIpc) is 2.13. The van der Waals surface area contributed by atoms with E-state index in [0.717, 1.165) is 13.2 Å². The van der Waals surface area contributed by atoms with E-state index in [-0.39, 0.29) is 0 Å². The van der Waals surface area contributed by atoms with Crippen molar-refractivity contribution in [3.05, 3.63) is 0 Å². The number of hydrogen-bond acceptors (Lipinski definition) is 3. The Balaban J connectivity index is 2.40. The highest BCUT2D eigenvalue weighted by atomic mass is 31.2. The van der Waals surface area contributed by atoms with Crippen LogP contribution >= 0.6 is 8.45 Å². The van der Waals surface area contributed by atoms with Crippen molar-refractivity contribution < 1.29 is 4.52 Å². The summed E-state index contributed by atoms with van der Waals surface area (Å²) in [6, 6.07) is 0. The predicted molar refractivity (Wildman–Crippen MR) is 39.2 cm³/mol. The van der Waals surface area contributed by atoms with E-state index in [1.807, 2.05) is 14.1 Å². The number of nitrogens with zero attached hydrogens (tertiary/aromatic N) is 2. The molecule has 0 N–H and O–H groups in total. The van der Waals surface area contributed by atoms with Gasteiger partial charge >= 0.3 is 0 Å². The van der Waals surface area contributed by atoms with Gasteiger partial charge in [0.15, 0.2) is 8.45 Å². The molecule has 0 aromatic carbocycles. The fourth-order valence-corrected chi connectivity index (χ4v) is 2.40. The van der Waals surface area contributed by atoms with Crippen LogP contribution in [0.4, 0.5) is 0 Å². The molecule has 1 unspecified atom stereocenters. The van der Waals surface area contributed by atoms with Crippen molar-refractivity contribution in [2.45, 2.75) is 0 Å². The fourth-order valence-electron chi connectivity index (χ4n) is 0.860. The lowest BCUT2D eigenvalue weighted by Gasteiger charge is -2.22. The summed E-state index contributed by atoms with van der Waals surface area (Å²) in [5.41, 5.74) is 0. The van der Waals surface area contributed by atoms with Gasteiger partial charge in [-0.05, 0) is 21.1 Å². The molecule has 0 aliphatic carbocycles. The van der Waals surface area contributed by atoms with Crippen molar-refractivity contribution in [3.63, 3.8) is 0 Å². The van der Waals surface area contributed by atoms with Crippen LogP contribution in [0.1, 0.15) is 0 Å². The van der Waals surface area contributed by atoms with Crippen molar-refractivity contribution in [3.8, 4) is 0 Å². The normalized spacial score (nSPS) is 30.0. The van der Waals surface area contributed by atoms with Gasteiger partial charge in [-0.15, -0.1) is 0 Å². The molecule has 0 saturated carbocycles. The Morgan fingerprint density at radius 3 is 2.44 bits per heavy atom. The predicted octanol–water partition coefficient (Wildman–Crippen LogP) is 0.737. The van der Waals surface area contributed by atoms with Crippen molar-refractivity contribution in [1.82, 2.24) is 9.34 Å². The lowest BCUT2D eigenvalue weighted by Crippen LogP contribution is -2.15. The molecular formula is C5H13N2OP. The van der Waals surface area contributed by atoms with E-state index in [4.69, 9.17) is 4.52 Å². The van der Waals surface area contributed by atoms with Crippen LogP contribution in [0.15, 0.2) is 0 Å². The van der Waals surface area contributed by atoms with Gasteiger partial charge < -0.3 is 4.52 Å². The molecular weight excluding hydrogens is 135 g/mol. The lowest BCUT2D eigenvalue weighted by atomic mass is 10.7. The molecule has 0 radical (unpaired) electrons. The minimum atomic E-state index is -0.399. The summed E-state index contributed by atoms with van der Waals surface area (Å²) in [5, 5.41) is 0. The van der Waals surface area contributed by atoms with E-state index >= 15 is 0 Å². The van der Waals surface area contributed by atoms with Gasteiger partial charge in [0, 0.05) is 6.54 Å². The van der Waals surface area contributed by atoms with Crippen LogP contribution in [0.5, 0.6) is 0 Å². The highest BCUT2D eigenvalue weighted by molar-refractivity contribution is 7.47. The fraction of sp³-hybridized carbons (Fsp3) is 1.00. The second kappa shape index (κ2) is 2.93. The van der Waals surface area contributed by atoms with E-state index in [1.54, 1.807) is 0 Å².